The van der Waals surface area contributed by atoms with Gasteiger partial charge in [0.1, 0.15) is 0 Å². The van der Waals surface area contributed by atoms with Gasteiger partial charge in [0.05, 0.1) is 12.3 Å². The summed E-state index contributed by atoms with van der Waals surface area (Å²) in [4.78, 5) is 27.1. The minimum Gasteiger partial charge on any atom is -0.358 e. The lowest BCUT2D eigenvalue weighted by Crippen LogP contribution is -2.49. The summed E-state index contributed by atoms with van der Waals surface area (Å²) in [5.41, 5.74) is 1.91. The Morgan fingerprint density at radius 3 is 2.38 bits per heavy atom. The first-order chi connectivity index (χ1) is 12.5. The Kier molecular flexibility index (Phi) is 5.32. The summed E-state index contributed by atoms with van der Waals surface area (Å²) in [6.45, 7) is 7.12. The molecular formula is C18H23N5O3. The maximum Gasteiger partial charge on any atom is 0.346 e. The summed E-state index contributed by atoms with van der Waals surface area (Å²) in [6, 6.07) is 9.17. The lowest BCUT2D eigenvalue weighted by Gasteiger charge is -2.33. The molecule has 1 aliphatic rings. The number of benzene rings is 1. The number of rotatable bonds is 5. The first-order valence-corrected chi connectivity index (χ1v) is 8.73. The Bertz CT molecular complexity index is 776. The molecule has 1 fully saturated rings. The van der Waals surface area contributed by atoms with Gasteiger partial charge in [-0.1, -0.05) is 31.1 Å². The third-order valence-electron chi connectivity index (χ3n) is 4.70. The van der Waals surface area contributed by atoms with E-state index in [4.69, 9.17) is 0 Å². The van der Waals surface area contributed by atoms with Gasteiger partial charge in [-0.2, -0.15) is 0 Å². The van der Waals surface area contributed by atoms with Crippen molar-refractivity contribution < 1.29 is 9.72 Å². The highest BCUT2D eigenvalue weighted by Gasteiger charge is 2.25. The number of aromatic nitrogens is 2. The second-order valence-corrected chi connectivity index (χ2v) is 6.77. The van der Waals surface area contributed by atoms with Gasteiger partial charge in [0.2, 0.25) is 0 Å². The molecule has 3 rings (SSSR count). The van der Waals surface area contributed by atoms with E-state index in [2.05, 4.69) is 23.8 Å². The molecule has 0 N–H and O–H groups in total. The summed E-state index contributed by atoms with van der Waals surface area (Å²) in [5.74, 6) is 0.452. The molecule has 0 spiro atoms. The van der Waals surface area contributed by atoms with Crippen LogP contribution >= 0.6 is 0 Å². The standard InChI is InChI=1S/C18H23N5O3/c1-14(2)15-3-5-16(6-4-15)18(24)21-11-9-20(10-12-21)13-22-17(23(25)26)7-8-19-22/h3-8,14H,9-13H2,1-2H3. The van der Waals surface area contributed by atoms with Gasteiger partial charge in [-0.3, -0.25) is 9.69 Å². The Morgan fingerprint density at radius 2 is 1.81 bits per heavy atom. The highest BCUT2D eigenvalue weighted by atomic mass is 16.6. The van der Waals surface area contributed by atoms with Crippen molar-refractivity contribution in [2.24, 2.45) is 0 Å². The van der Waals surface area contributed by atoms with Gasteiger partial charge >= 0.3 is 5.82 Å². The molecule has 0 radical (unpaired) electrons. The van der Waals surface area contributed by atoms with Crippen LogP contribution in [0.4, 0.5) is 5.82 Å². The number of nitrogens with zero attached hydrogens (tertiary/aromatic N) is 5. The summed E-state index contributed by atoms with van der Waals surface area (Å²) in [5, 5.41) is 15.0. The highest BCUT2D eigenvalue weighted by Crippen LogP contribution is 2.17. The predicted molar refractivity (Wildman–Crippen MR) is 96.9 cm³/mol. The van der Waals surface area contributed by atoms with Crippen LogP contribution in [0.15, 0.2) is 36.5 Å². The minimum atomic E-state index is -0.437. The second kappa shape index (κ2) is 7.65. The van der Waals surface area contributed by atoms with Crippen LogP contribution in [0.2, 0.25) is 0 Å². The smallest absolute Gasteiger partial charge is 0.346 e. The van der Waals surface area contributed by atoms with E-state index in [9.17, 15) is 14.9 Å². The van der Waals surface area contributed by atoms with Crippen LogP contribution in [0.5, 0.6) is 0 Å². The monoisotopic (exact) mass is 357 g/mol. The molecule has 0 atom stereocenters. The molecule has 0 unspecified atom stereocenters. The van der Waals surface area contributed by atoms with Crippen LogP contribution in [-0.4, -0.2) is 56.6 Å². The van der Waals surface area contributed by atoms with E-state index in [1.54, 1.807) is 0 Å². The van der Waals surface area contributed by atoms with Gasteiger partial charge in [-0.25, -0.2) is 0 Å². The van der Waals surface area contributed by atoms with Gasteiger partial charge in [-0.05, 0) is 28.5 Å². The SMILES string of the molecule is CC(C)c1ccc(C(=O)N2CCN(Cn3nccc3[N+](=O)[O-])CC2)cc1. The van der Waals surface area contributed by atoms with Crippen molar-refractivity contribution in [3.63, 3.8) is 0 Å². The summed E-state index contributed by atoms with van der Waals surface area (Å²) in [7, 11) is 0. The lowest BCUT2D eigenvalue weighted by atomic mass is 10.0. The predicted octanol–water partition coefficient (Wildman–Crippen LogP) is 2.33. The Balaban J connectivity index is 1.57. The molecule has 26 heavy (non-hydrogen) atoms. The van der Waals surface area contributed by atoms with Gasteiger partial charge in [0.25, 0.3) is 5.91 Å². The zero-order chi connectivity index (χ0) is 18.7. The third-order valence-corrected chi connectivity index (χ3v) is 4.70. The maximum atomic E-state index is 12.6. The van der Waals surface area contributed by atoms with Crippen molar-refractivity contribution in [1.29, 1.82) is 0 Å². The van der Waals surface area contributed by atoms with Crippen LogP contribution in [0.3, 0.4) is 0 Å². The number of hydrogen-bond acceptors (Lipinski definition) is 5. The first-order valence-electron chi connectivity index (χ1n) is 8.73. The Labute approximate surface area is 152 Å². The molecule has 2 heterocycles. The van der Waals surface area contributed by atoms with Crippen LogP contribution in [0.1, 0.15) is 35.7 Å². The summed E-state index contributed by atoms with van der Waals surface area (Å²) < 4.78 is 1.38. The number of nitro groups is 1. The van der Waals surface area contributed by atoms with Gasteiger partial charge in [-0.15, -0.1) is 4.68 Å². The van der Waals surface area contributed by atoms with Crippen LogP contribution in [-0.2, 0) is 6.67 Å². The number of carbonyl (C=O) groups excluding carboxylic acids is 1. The molecule has 1 aliphatic heterocycles. The minimum absolute atomic E-state index is 0.0197. The second-order valence-electron chi connectivity index (χ2n) is 6.77. The van der Waals surface area contributed by atoms with E-state index in [1.165, 1.54) is 22.5 Å². The van der Waals surface area contributed by atoms with Crippen LogP contribution < -0.4 is 0 Å². The molecule has 1 aromatic heterocycles. The quantitative estimate of drug-likeness (QED) is 0.606. The Morgan fingerprint density at radius 1 is 1.15 bits per heavy atom. The van der Waals surface area contributed by atoms with Crippen molar-refractivity contribution in [2.45, 2.75) is 26.4 Å². The van der Waals surface area contributed by atoms with Crippen molar-refractivity contribution in [3.8, 4) is 0 Å². The molecule has 1 aromatic carbocycles. The highest BCUT2D eigenvalue weighted by molar-refractivity contribution is 5.94. The van der Waals surface area contributed by atoms with E-state index in [0.717, 1.165) is 0 Å². The van der Waals surface area contributed by atoms with Gasteiger partial charge in [0, 0.05) is 31.7 Å². The topological polar surface area (TPSA) is 84.5 Å². The fraction of sp³-hybridized carbons (Fsp3) is 0.444. The van der Waals surface area contributed by atoms with Crippen molar-refractivity contribution in [1.82, 2.24) is 19.6 Å². The summed E-state index contributed by atoms with van der Waals surface area (Å²) >= 11 is 0. The molecule has 2 aromatic rings. The molecule has 8 nitrogen and oxygen atoms in total. The number of carbonyl (C=O) groups is 1. The molecule has 8 heteroatoms. The zero-order valence-electron chi connectivity index (χ0n) is 15.0. The molecule has 0 aliphatic carbocycles. The normalized spacial score (nSPS) is 15.4. The van der Waals surface area contributed by atoms with Crippen molar-refractivity contribution in [3.05, 3.63) is 57.8 Å². The fourth-order valence-electron chi connectivity index (χ4n) is 3.06. The zero-order valence-corrected chi connectivity index (χ0v) is 15.0. The van der Waals surface area contributed by atoms with E-state index in [-0.39, 0.29) is 11.7 Å². The summed E-state index contributed by atoms with van der Waals surface area (Å²) in [6.07, 6.45) is 1.43. The average Bonchev–Trinajstić information content (AvgIpc) is 3.10. The molecule has 138 valence electrons. The van der Waals surface area contributed by atoms with E-state index in [1.807, 2.05) is 29.2 Å². The fourth-order valence-corrected chi connectivity index (χ4v) is 3.06. The lowest BCUT2D eigenvalue weighted by molar-refractivity contribution is -0.393. The molecule has 1 amide bonds. The van der Waals surface area contributed by atoms with Gasteiger partial charge in [0.15, 0.2) is 6.67 Å². The average molecular weight is 357 g/mol. The van der Waals surface area contributed by atoms with E-state index in [0.29, 0.717) is 44.3 Å². The Hall–Kier alpha value is -2.74. The van der Waals surface area contributed by atoms with Crippen LogP contribution in [0, 0.1) is 10.1 Å². The molecule has 0 saturated carbocycles. The van der Waals surface area contributed by atoms with Gasteiger partial charge < -0.3 is 15.0 Å². The van der Waals surface area contributed by atoms with Crippen molar-refractivity contribution in [2.75, 3.05) is 26.2 Å². The van der Waals surface area contributed by atoms with Crippen molar-refractivity contribution >= 4 is 11.7 Å². The largest absolute Gasteiger partial charge is 0.358 e. The molecule has 0 bridgehead atoms. The number of hydrogen-bond donors (Lipinski definition) is 0. The third kappa shape index (κ3) is 3.91. The van der Waals surface area contributed by atoms with E-state index < -0.39 is 4.92 Å². The maximum absolute atomic E-state index is 12.6. The molecular weight excluding hydrogens is 334 g/mol. The van der Waals surface area contributed by atoms with E-state index >= 15 is 0 Å². The molecule has 1 saturated heterocycles. The first kappa shape index (κ1) is 18.1. The van der Waals surface area contributed by atoms with Crippen LogP contribution in [0.25, 0.3) is 0 Å². The number of amides is 1. The number of piperazine rings is 1.